The standard InChI is InChI=1S/C18H22N4O3S.C2HF3O2/c23-18-8-4-9-20(18)12-16-17-13-22(11-5-10-21(17)14-19-16)26(24,25)15-6-2-1-3-7-15;3-2(4,5)1(6)7/h1-3,6-7,14H,4-5,8-13H2;(H,6,7). The van der Waals surface area contributed by atoms with Crippen molar-refractivity contribution in [3.8, 4) is 0 Å². The molecule has 33 heavy (non-hydrogen) atoms. The number of fused-ring (bicyclic) bond motifs is 1. The fourth-order valence-corrected chi connectivity index (χ4v) is 5.08. The third kappa shape index (κ3) is 5.90. The van der Waals surface area contributed by atoms with Crippen molar-refractivity contribution in [3.63, 3.8) is 0 Å². The molecular weight excluding hydrogens is 465 g/mol. The van der Waals surface area contributed by atoms with Crippen LogP contribution in [0.5, 0.6) is 0 Å². The van der Waals surface area contributed by atoms with Crippen LogP contribution in [0.4, 0.5) is 13.2 Å². The average Bonchev–Trinajstić information content (AvgIpc) is 3.26. The highest BCUT2D eigenvalue weighted by atomic mass is 32.2. The van der Waals surface area contributed by atoms with Crippen LogP contribution >= 0.6 is 0 Å². The minimum atomic E-state index is -5.08. The maximum Gasteiger partial charge on any atom is 0.490 e. The van der Waals surface area contributed by atoms with Crippen molar-refractivity contribution in [1.29, 1.82) is 0 Å². The van der Waals surface area contributed by atoms with Crippen LogP contribution in [-0.4, -0.2) is 63.4 Å². The number of carboxylic acid groups (broad SMARTS) is 1. The summed E-state index contributed by atoms with van der Waals surface area (Å²) in [6, 6.07) is 8.53. The number of amides is 1. The number of aryl methyl sites for hydroxylation is 1. The van der Waals surface area contributed by atoms with Crippen molar-refractivity contribution in [1.82, 2.24) is 18.8 Å². The van der Waals surface area contributed by atoms with E-state index in [0.717, 1.165) is 37.3 Å². The first-order chi connectivity index (χ1) is 15.5. The Morgan fingerprint density at radius 2 is 1.76 bits per heavy atom. The van der Waals surface area contributed by atoms with Crippen molar-refractivity contribution in [2.45, 2.75) is 50.0 Å². The Morgan fingerprint density at radius 1 is 1.09 bits per heavy atom. The number of rotatable bonds is 4. The molecule has 0 unspecified atom stereocenters. The van der Waals surface area contributed by atoms with Crippen molar-refractivity contribution in [2.24, 2.45) is 0 Å². The van der Waals surface area contributed by atoms with Gasteiger partial charge < -0.3 is 14.6 Å². The second-order valence-corrected chi connectivity index (χ2v) is 9.50. The van der Waals surface area contributed by atoms with Gasteiger partial charge in [0.2, 0.25) is 15.9 Å². The summed E-state index contributed by atoms with van der Waals surface area (Å²) < 4.78 is 61.3. The number of nitrogens with zero attached hydrogens (tertiary/aromatic N) is 4. The lowest BCUT2D eigenvalue weighted by atomic mass is 10.3. The van der Waals surface area contributed by atoms with Crippen LogP contribution in [0.2, 0.25) is 0 Å². The number of carbonyl (C=O) groups is 2. The number of likely N-dealkylation sites (tertiary alicyclic amines) is 1. The molecule has 3 heterocycles. The van der Waals surface area contributed by atoms with Gasteiger partial charge in [0, 0.05) is 26.1 Å². The zero-order chi connectivity index (χ0) is 24.2. The molecule has 180 valence electrons. The van der Waals surface area contributed by atoms with Crippen LogP contribution in [0.25, 0.3) is 0 Å². The molecule has 4 rings (SSSR count). The lowest BCUT2D eigenvalue weighted by molar-refractivity contribution is -0.192. The van der Waals surface area contributed by atoms with E-state index in [4.69, 9.17) is 9.90 Å². The summed E-state index contributed by atoms with van der Waals surface area (Å²) >= 11 is 0. The summed E-state index contributed by atoms with van der Waals surface area (Å²) in [5.41, 5.74) is 1.69. The van der Waals surface area contributed by atoms with Gasteiger partial charge in [0.1, 0.15) is 0 Å². The highest BCUT2D eigenvalue weighted by Gasteiger charge is 2.38. The predicted octanol–water partition coefficient (Wildman–Crippen LogP) is 2.23. The summed E-state index contributed by atoms with van der Waals surface area (Å²) in [5, 5.41) is 7.12. The van der Waals surface area contributed by atoms with E-state index in [-0.39, 0.29) is 12.5 Å². The van der Waals surface area contributed by atoms with E-state index in [1.165, 1.54) is 4.31 Å². The molecule has 2 aliphatic heterocycles. The lowest BCUT2D eigenvalue weighted by Crippen LogP contribution is -2.31. The molecule has 1 saturated heterocycles. The zero-order valence-corrected chi connectivity index (χ0v) is 18.3. The molecule has 1 fully saturated rings. The summed E-state index contributed by atoms with van der Waals surface area (Å²) in [5.74, 6) is -2.61. The first-order valence-electron chi connectivity index (χ1n) is 10.2. The minimum Gasteiger partial charge on any atom is -0.475 e. The SMILES string of the molecule is O=C(O)C(F)(F)F.O=C1CCCN1Cc1ncn2c1CN(S(=O)(=O)c1ccccc1)CCC2. The summed E-state index contributed by atoms with van der Waals surface area (Å²) in [4.78, 5) is 27.4. The molecule has 0 aliphatic carbocycles. The number of alkyl halides is 3. The normalized spacial score (nSPS) is 17.2. The van der Waals surface area contributed by atoms with Gasteiger partial charge >= 0.3 is 12.1 Å². The Bertz CT molecular complexity index is 1100. The number of carbonyl (C=O) groups excluding carboxylic acids is 1. The number of hydrogen-bond acceptors (Lipinski definition) is 5. The number of sulfonamides is 1. The number of carboxylic acids is 1. The zero-order valence-electron chi connectivity index (χ0n) is 17.5. The third-order valence-corrected chi connectivity index (χ3v) is 7.16. The van der Waals surface area contributed by atoms with Crippen LogP contribution in [0.1, 0.15) is 30.7 Å². The van der Waals surface area contributed by atoms with E-state index in [0.29, 0.717) is 24.4 Å². The molecule has 1 amide bonds. The van der Waals surface area contributed by atoms with Crippen LogP contribution in [0.3, 0.4) is 0 Å². The smallest absolute Gasteiger partial charge is 0.475 e. The summed E-state index contributed by atoms with van der Waals surface area (Å²) in [7, 11) is -3.55. The number of aromatic nitrogens is 2. The number of benzene rings is 1. The second-order valence-electron chi connectivity index (χ2n) is 7.56. The molecule has 0 radical (unpaired) electrons. The van der Waals surface area contributed by atoms with E-state index in [2.05, 4.69) is 4.98 Å². The fourth-order valence-electron chi connectivity index (χ4n) is 3.62. The predicted molar refractivity (Wildman–Crippen MR) is 109 cm³/mol. The first-order valence-corrected chi connectivity index (χ1v) is 11.6. The van der Waals surface area contributed by atoms with Crippen molar-refractivity contribution >= 4 is 21.9 Å². The van der Waals surface area contributed by atoms with E-state index < -0.39 is 22.2 Å². The molecule has 2 aliphatic rings. The Labute approximate surface area is 188 Å². The topological polar surface area (TPSA) is 113 Å². The van der Waals surface area contributed by atoms with Gasteiger partial charge in [0.05, 0.1) is 35.7 Å². The van der Waals surface area contributed by atoms with Gasteiger partial charge in [0.15, 0.2) is 0 Å². The Morgan fingerprint density at radius 3 is 2.33 bits per heavy atom. The number of hydrogen-bond donors (Lipinski definition) is 1. The van der Waals surface area contributed by atoms with Crippen molar-refractivity contribution < 1.29 is 36.3 Å². The Kier molecular flexibility index (Phi) is 7.42. The molecule has 0 spiro atoms. The Balaban J connectivity index is 0.000000383. The molecule has 0 atom stereocenters. The van der Waals surface area contributed by atoms with E-state index in [1.54, 1.807) is 30.6 Å². The monoisotopic (exact) mass is 488 g/mol. The highest BCUT2D eigenvalue weighted by molar-refractivity contribution is 7.89. The second kappa shape index (κ2) is 9.91. The maximum absolute atomic E-state index is 13.0. The number of imidazole rings is 1. The molecule has 13 heteroatoms. The van der Waals surface area contributed by atoms with Crippen LogP contribution in [-0.2, 0) is 39.2 Å². The molecule has 1 aromatic carbocycles. The van der Waals surface area contributed by atoms with E-state index in [1.807, 2.05) is 15.5 Å². The average molecular weight is 488 g/mol. The van der Waals surface area contributed by atoms with Crippen molar-refractivity contribution in [3.05, 3.63) is 48.0 Å². The largest absolute Gasteiger partial charge is 0.490 e. The van der Waals surface area contributed by atoms with Gasteiger partial charge in [0.25, 0.3) is 0 Å². The van der Waals surface area contributed by atoms with Gasteiger partial charge in [-0.05, 0) is 25.0 Å². The molecule has 2 aromatic rings. The quantitative estimate of drug-likeness (QED) is 0.706. The highest BCUT2D eigenvalue weighted by Crippen LogP contribution is 2.24. The molecule has 1 N–H and O–H groups in total. The summed E-state index contributed by atoms with van der Waals surface area (Å²) in [6.45, 7) is 2.70. The first kappa shape index (κ1) is 24.7. The fraction of sp³-hybridized carbons (Fsp3) is 0.450. The molecular formula is C20H23F3N4O5S. The molecule has 0 bridgehead atoms. The van der Waals surface area contributed by atoms with Crippen molar-refractivity contribution in [2.75, 3.05) is 13.1 Å². The number of aliphatic carboxylic acids is 1. The van der Waals surface area contributed by atoms with Gasteiger partial charge in [-0.3, -0.25) is 4.79 Å². The molecule has 0 saturated carbocycles. The van der Waals surface area contributed by atoms with Gasteiger partial charge in [-0.15, -0.1) is 0 Å². The Hall–Kier alpha value is -2.93. The van der Waals surface area contributed by atoms with Gasteiger partial charge in [-0.25, -0.2) is 18.2 Å². The maximum atomic E-state index is 13.0. The molecule has 9 nitrogen and oxygen atoms in total. The lowest BCUT2D eigenvalue weighted by Gasteiger charge is -2.21. The van der Waals surface area contributed by atoms with Crippen LogP contribution in [0, 0.1) is 0 Å². The summed E-state index contributed by atoms with van der Waals surface area (Å²) in [6.07, 6.45) is -1.12. The van der Waals surface area contributed by atoms with E-state index >= 15 is 0 Å². The number of halogens is 3. The van der Waals surface area contributed by atoms with E-state index in [9.17, 15) is 26.4 Å². The minimum absolute atomic E-state index is 0.147. The molecule has 1 aromatic heterocycles. The third-order valence-electron chi connectivity index (χ3n) is 5.30. The van der Waals surface area contributed by atoms with Gasteiger partial charge in [-0.1, -0.05) is 18.2 Å². The van der Waals surface area contributed by atoms with Crippen LogP contribution in [0.15, 0.2) is 41.6 Å². The van der Waals surface area contributed by atoms with Gasteiger partial charge in [-0.2, -0.15) is 17.5 Å². The van der Waals surface area contributed by atoms with Crippen LogP contribution < -0.4 is 0 Å².